The van der Waals surface area contributed by atoms with E-state index in [9.17, 15) is 0 Å². The molecule has 18 heavy (non-hydrogen) atoms. The Morgan fingerprint density at radius 1 is 1.28 bits per heavy atom. The Hall–Kier alpha value is -1.44. The molecule has 0 bridgehead atoms. The van der Waals surface area contributed by atoms with E-state index in [0.29, 0.717) is 24.1 Å². The standard InChI is InChI=1S/C11H20N4O3/c1-3-12-9-4-10(13-8(5-16)6-17)15-11(14-9)7-18-2/h4,8,16-17H,3,5-7H2,1-2H3,(H2,12,13,14,15). The topological polar surface area (TPSA) is 99.5 Å². The molecule has 7 nitrogen and oxygen atoms in total. The number of hydrogen-bond acceptors (Lipinski definition) is 7. The van der Waals surface area contributed by atoms with Gasteiger partial charge < -0.3 is 25.6 Å². The van der Waals surface area contributed by atoms with Crippen molar-refractivity contribution in [2.45, 2.75) is 19.6 Å². The van der Waals surface area contributed by atoms with Crippen molar-refractivity contribution in [3.05, 3.63) is 11.9 Å². The number of aliphatic hydroxyl groups excluding tert-OH is 2. The summed E-state index contributed by atoms with van der Waals surface area (Å²) >= 11 is 0. The molecular weight excluding hydrogens is 236 g/mol. The molecule has 102 valence electrons. The smallest absolute Gasteiger partial charge is 0.158 e. The molecule has 0 unspecified atom stereocenters. The van der Waals surface area contributed by atoms with E-state index in [1.165, 1.54) is 0 Å². The van der Waals surface area contributed by atoms with Gasteiger partial charge in [0.15, 0.2) is 5.82 Å². The zero-order chi connectivity index (χ0) is 13.4. The Morgan fingerprint density at radius 2 is 1.94 bits per heavy atom. The fourth-order valence-corrected chi connectivity index (χ4v) is 1.39. The summed E-state index contributed by atoms with van der Waals surface area (Å²) < 4.78 is 4.99. The van der Waals surface area contributed by atoms with Gasteiger partial charge in [0, 0.05) is 19.7 Å². The summed E-state index contributed by atoms with van der Waals surface area (Å²) in [5.41, 5.74) is 0. The Morgan fingerprint density at radius 3 is 2.50 bits per heavy atom. The van der Waals surface area contributed by atoms with Crippen LogP contribution in [0, 0.1) is 0 Å². The molecule has 0 saturated heterocycles. The molecule has 0 aliphatic heterocycles. The predicted octanol–water partition coefficient (Wildman–Crippen LogP) is -0.180. The Kier molecular flexibility index (Phi) is 6.34. The van der Waals surface area contributed by atoms with Crippen LogP contribution in [-0.4, -0.2) is 53.1 Å². The third-order valence-corrected chi connectivity index (χ3v) is 2.20. The van der Waals surface area contributed by atoms with E-state index < -0.39 is 6.04 Å². The van der Waals surface area contributed by atoms with Crippen molar-refractivity contribution in [3.8, 4) is 0 Å². The molecule has 0 aliphatic rings. The van der Waals surface area contributed by atoms with E-state index in [1.807, 2.05) is 6.92 Å². The van der Waals surface area contributed by atoms with Gasteiger partial charge in [-0.05, 0) is 6.92 Å². The zero-order valence-corrected chi connectivity index (χ0v) is 10.7. The van der Waals surface area contributed by atoms with E-state index in [2.05, 4.69) is 20.6 Å². The number of aliphatic hydroxyl groups is 2. The lowest BCUT2D eigenvalue weighted by Crippen LogP contribution is -2.28. The van der Waals surface area contributed by atoms with Crippen LogP contribution in [0.4, 0.5) is 11.6 Å². The van der Waals surface area contributed by atoms with Crippen LogP contribution < -0.4 is 10.6 Å². The first-order chi connectivity index (χ1) is 8.73. The molecule has 1 aromatic rings. The summed E-state index contributed by atoms with van der Waals surface area (Å²) in [7, 11) is 1.57. The summed E-state index contributed by atoms with van der Waals surface area (Å²) in [4.78, 5) is 8.49. The summed E-state index contributed by atoms with van der Waals surface area (Å²) in [6.45, 7) is 2.67. The number of hydrogen-bond donors (Lipinski definition) is 4. The van der Waals surface area contributed by atoms with Gasteiger partial charge in [-0.2, -0.15) is 0 Å². The third-order valence-electron chi connectivity index (χ3n) is 2.20. The summed E-state index contributed by atoms with van der Waals surface area (Å²) in [6.07, 6.45) is 0. The van der Waals surface area contributed by atoms with E-state index in [1.54, 1.807) is 13.2 Å². The van der Waals surface area contributed by atoms with Gasteiger partial charge in [0.2, 0.25) is 0 Å². The van der Waals surface area contributed by atoms with E-state index >= 15 is 0 Å². The molecule has 0 atom stereocenters. The number of nitrogens with zero attached hydrogens (tertiary/aromatic N) is 2. The molecule has 1 aromatic heterocycles. The van der Waals surface area contributed by atoms with Gasteiger partial charge in [-0.15, -0.1) is 0 Å². The molecule has 0 aliphatic carbocycles. The predicted molar refractivity (Wildman–Crippen MR) is 68.5 cm³/mol. The van der Waals surface area contributed by atoms with Gasteiger partial charge in [0.05, 0.1) is 19.3 Å². The monoisotopic (exact) mass is 256 g/mol. The first-order valence-corrected chi connectivity index (χ1v) is 5.82. The van der Waals surface area contributed by atoms with Crippen molar-refractivity contribution in [1.82, 2.24) is 9.97 Å². The second kappa shape index (κ2) is 7.80. The van der Waals surface area contributed by atoms with Gasteiger partial charge >= 0.3 is 0 Å². The lowest BCUT2D eigenvalue weighted by Gasteiger charge is -2.15. The van der Waals surface area contributed by atoms with Crippen molar-refractivity contribution < 1.29 is 14.9 Å². The molecule has 1 heterocycles. The van der Waals surface area contributed by atoms with Crippen molar-refractivity contribution in [3.63, 3.8) is 0 Å². The van der Waals surface area contributed by atoms with Gasteiger partial charge in [0.25, 0.3) is 0 Å². The van der Waals surface area contributed by atoms with Crippen molar-refractivity contribution in [1.29, 1.82) is 0 Å². The van der Waals surface area contributed by atoms with Crippen LogP contribution in [0.5, 0.6) is 0 Å². The number of methoxy groups -OCH3 is 1. The second-order valence-electron chi connectivity index (χ2n) is 3.72. The molecule has 0 spiro atoms. The number of ether oxygens (including phenoxy) is 1. The van der Waals surface area contributed by atoms with E-state index in [4.69, 9.17) is 14.9 Å². The van der Waals surface area contributed by atoms with Gasteiger partial charge in [-0.3, -0.25) is 0 Å². The van der Waals surface area contributed by atoms with Crippen LogP contribution >= 0.6 is 0 Å². The largest absolute Gasteiger partial charge is 0.394 e. The lowest BCUT2D eigenvalue weighted by molar-refractivity contribution is 0.178. The van der Waals surface area contributed by atoms with Crippen LogP contribution in [0.3, 0.4) is 0 Å². The van der Waals surface area contributed by atoms with Crippen LogP contribution in [0.1, 0.15) is 12.7 Å². The molecule has 0 aromatic carbocycles. The maximum absolute atomic E-state index is 9.03. The molecule has 0 radical (unpaired) electrons. The fourth-order valence-electron chi connectivity index (χ4n) is 1.39. The van der Waals surface area contributed by atoms with E-state index in [0.717, 1.165) is 6.54 Å². The molecule has 0 saturated carbocycles. The minimum atomic E-state index is -0.440. The highest BCUT2D eigenvalue weighted by atomic mass is 16.5. The highest BCUT2D eigenvalue weighted by molar-refractivity contribution is 5.48. The van der Waals surface area contributed by atoms with Crippen LogP contribution in [0.25, 0.3) is 0 Å². The summed E-state index contributed by atoms with van der Waals surface area (Å²) in [5, 5.41) is 24.1. The SMILES string of the molecule is CCNc1cc(NC(CO)CO)nc(COC)n1. The fraction of sp³-hybridized carbons (Fsp3) is 0.636. The third kappa shape index (κ3) is 4.44. The van der Waals surface area contributed by atoms with E-state index in [-0.39, 0.29) is 13.2 Å². The minimum absolute atomic E-state index is 0.170. The van der Waals surface area contributed by atoms with Gasteiger partial charge in [-0.1, -0.05) is 0 Å². The van der Waals surface area contributed by atoms with Crippen molar-refractivity contribution in [2.24, 2.45) is 0 Å². The zero-order valence-electron chi connectivity index (χ0n) is 10.7. The maximum Gasteiger partial charge on any atom is 0.158 e. The van der Waals surface area contributed by atoms with Crippen LogP contribution in [0.2, 0.25) is 0 Å². The first kappa shape index (κ1) is 14.6. The Labute approximate surface area is 106 Å². The molecular formula is C11H20N4O3. The maximum atomic E-state index is 9.03. The molecule has 0 amide bonds. The normalized spacial score (nSPS) is 10.7. The molecule has 4 N–H and O–H groups in total. The van der Waals surface area contributed by atoms with Gasteiger partial charge in [0.1, 0.15) is 18.2 Å². The quantitative estimate of drug-likeness (QED) is 0.512. The average molecular weight is 256 g/mol. The van der Waals surface area contributed by atoms with Gasteiger partial charge in [-0.25, -0.2) is 9.97 Å². The number of aromatic nitrogens is 2. The Balaban J connectivity index is 2.87. The number of rotatable bonds is 8. The van der Waals surface area contributed by atoms with Crippen molar-refractivity contribution in [2.75, 3.05) is 37.5 Å². The molecule has 0 fully saturated rings. The van der Waals surface area contributed by atoms with Crippen LogP contribution in [-0.2, 0) is 11.3 Å². The lowest BCUT2D eigenvalue weighted by atomic mass is 10.3. The first-order valence-electron chi connectivity index (χ1n) is 5.82. The van der Waals surface area contributed by atoms with Crippen LogP contribution in [0.15, 0.2) is 6.07 Å². The number of nitrogens with one attached hydrogen (secondary N) is 2. The average Bonchev–Trinajstić information content (AvgIpc) is 2.36. The minimum Gasteiger partial charge on any atom is -0.394 e. The second-order valence-corrected chi connectivity index (χ2v) is 3.72. The highest BCUT2D eigenvalue weighted by Gasteiger charge is 2.09. The Bertz CT molecular complexity index is 334. The van der Waals surface area contributed by atoms with Crippen molar-refractivity contribution >= 4 is 11.6 Å². The molecule has 1 rings (SSSR count). The summed E-state index contributed by atoms with van der Waals surface area (Å²) in [6, 6.07) is 1.28. The molecule has 7 heteroatoms. The highest BCUT2D eigenvalue weighted by Crippen LogP contribution is 2.12. The summed E-state index contributed by atoms with van der Waals surface area (Å²) in [5.74, 6) is 1.76. The number of anilines is 2.